The first-order valence-corrected chi connectivity index (χ1v) is 10.9. The second-order valence-corrected chi connectivity index (χ2v) is 7.64. The molecule has 0 aliphatic heterocycles. The van der Waals surface area contributed by atoms with E-state index in [-0.39, 0.29) is 35.1 Å². The molecular weight excluding hydrogens is 460 g/mol. The number of amides is 2. The normalized spacial score (nSPS) is 11.3. The lowest BCUT2D eigenvalue weighted by atomic mass is 10.1. The number of hydrogen-bond donors (Lipinski definition) is 3. The van der Waals surface area contributed by atoms with Gasteiger partial charge < -0.3 is 15.2 Å². The molecule has 0 saturated carbocycles. The molecule has 2 amide bonds. The van der Waals surface area contributed by atoms with Crippen LogP contribution in [0.1, 0.15) is 27.7 Å². The van der Waals surface area contributed by atoms with Crippen LogP contribution in [-0.4, -0.2) is 34.7 Å². The van der Waals surface area contributed by atoms with Crippen molar-refractivity contribution in [3.05, 3.63) is 91.8 Å². The summed E-state index contributed by atoms with van der Waals surface area (Å²) in [5.41, 5.74) is 2.21. The van der Waals surface area contributed by atoms with E-state index in [1.165, 1.54) is 17.4 Å². The molecule has 0 fully saturated rings. The van der Waals surface area contributed by atoms with Gasteiger partial charge in [0.25, 0.3) is 17.5 Å². The molecule has 174 valence electrons. The predicted molar refractivity (Wildman–Crippen MR) is 128 cm³/mol. The molecule has 0 unspecified atom stereocenters. The van der Waals surface area contributed by atoms with Gasteiger partial charge in [-0.3, -0.25) is 19.7 Å². The highest BCUT2D eigenvalue weighted by Gasteiger charge is 2.17. The fourth-order valence-corrected chi connectivity index (χ4v) is 3.42. The average Bonchev–Trinajstić information content (AvgIpc) is 3.34. The largest absolute Gasteiger partial charge is 0.504 e. The maximum atomic E-state index is 12.8. The molecule has 10 nitrogen and oxygen atoms in total. The van der Waals surface area contributed by atoms with Gasteiger partial charge >= 0.3 is 0 Å². The van der Waals surface area contributed by atoms with Gasteiger partial charge in [-0.1, -0.05) is 24.3 Å². The third kappa shape index (κ3) is 6.26. The van der Waals surface area contributed by atoms with Crippen molar-refractivity contribution in [2.24, 2.45) is 5.10 Å². The van der Waals surface area contributed by atoms with E-state index in [2.05, 4.69) is 15.8 Å². The molecule has 2 aromatic carbocycles. The number of nitrogens with one attached hydrogen (secondary N) is 2. The second-order valence-electron chi connectivity index (χ2n) is 6.66. The molecule has 3 aromatic rings. The van der Waals surface area contributed by atoms with Gasteiger partial charge in [-0.2, -0.15) is 5.10 Å². The predicted octanol–water partition coefficient (Wildman–Crippen LogP) is 3.68. The number of phenolic OH excluding ortho intramolecular Hbond substituents is 1. The first kappa shape index (κ1) is 24.1. The van der Waals surface area contributed by atoms with Crippen LogP contribution in [-0.2, 0) is 4.79 Å². The summed E-state index contributed by atoms with van der Waals surface area (Å²) in [6.07, 6.45) is 2.54. The molecule has 0 saturated heterocycles. The molecule has 0 radical (unpaired) electrons. The molecule has 34 heavy (non-hydrogen) atoms. The number of ether oxygens (including phenoxy) is 1. The second kappa shape index (κ2) is 11.4. The molecule has 3 rings (SSSR count). The number of phenols is 1. The summed E-state index contributed by atoms with van der Waals surface area (Å²) in [6, 6.07) is 14.1. The van der Waals surface area contributed by atoms with Crippen LogP contribution in [0, 0.1) is 10.1 Å². The highest BCUT2D eigenvalue weighted by molar-refractivity contribution is 7.10. The van der Waals surface area contributed by atoms with E-state index < -0.39 is 16.7 Å². The Bertz CT molecular complexity index is 1240. The lowest BCUT2D eigenvalue weighted by molar-refractivity contribution is -0.385. The topological polar surface area (TPSA) is 143 Å². The number of rotatable bonds is 9. The van der Waals surface area contributed by atoms with Crippen molar-refractivity contribution in [1.29, 1.82) is 0 Å². The van der Waals surface area contributed by atoms with Gasteiger partial charge in [0.15, 0.2) is 11.5 Å². The van der Waals surface area contributed by atoms with Crippen molar-refractivity contribution in [1.82, 2.24) is 10.7 Å². The third-order valence-electron chi connectivity index (χ3n) is 4.33. The first-order valence-electron chi connectivity index (χ1n) is 9.98. The summed E-state index contributed by atoms with van der Waals surface area (Å²) in [5.74, 6) is -1.67. The van der Waals surface area contributed by atoms with Crippen molar-refractivity contribution in [3.8, 4) is 11.5 Å². The van der Waals surface area contributed by atoms with Crippen LogP contribution in [0.5, 0.6) is 11.5 Å². The summed E-state index contributed by atoms with van der Waals surface area (Å²) in [6.45, 7) is 1.84. The van der Waals surface area contributed by atoms with Gasteiger partial charge in [0, 0.05) is 22.1 Å². The Morgan fingerprint density at radius 3 is 2.62 bits per heavy atom. The number of aromatic hydroxyl groups is 1. The Kier molecular flexibility index (Phi) is 8.08. The minimum absolute atomic E-state index is 0.0324. The maximum Gasteiger partial charge on any atom is 0.287 e. The fourth-order valence-electron chi connectivity index (χ4n) is 2.76. The Morgan fingerprint density at radius 1 is 1.21 bits per heavy atom. The van der Waals surface area contributed by atoms with Gasteiger partial charge in [-0.15, -0.1) is 11.3 Å². The maximum absolute atomic E-state index is 12.8. The highest BCUT2D eigenvalue weighted by atomic mass is 32.1. The summed E-state index contributed by atoms with van der Waals surface area (Å²) in [7, 11) is 0. The van der Waals surface area contributed by atoms with E-state index in [0.29, 0.717) is 5.56 Å². The molecule has 0 aliphatic rings. The number of nitro groups is 1. The number of non-ortho nitro benzene ring substituents is 1. The number of carbonyl (C=O) groups excluding carboxylic acids is 2. The number of carbonyl (C=O) groups is 2. The Hall–Kier alpha value is -4.51. The summed E-state index contributed by atoms with van der Waals surface area (Å²) in [4.78, 5) is 36.6. The lowest BCUT2D eigenvalue weighted by Crippen LogP contribution is -2.32. The van der Waals surface area contributed by atoms with Crippen molar-refractivity contribution < 1.29 is 24.4 Å². The molecule has 1 heterocycles. The van der Waals surface area contributed by atoms with Crippen LogP contribution in [0.25, 0.3) is 6.08 Å². The van der Waals surface area contributed by atoms with Gasteiger partial charge in [0.2, 0.25) is 0 Å². The average molecular weight is 481 g/mol. The summed E-state index contributed by atoms with van der Waals surface area (Å²) < 4.78 is 5.22. The molecule has 3 N–H and O–H groups in total. The number of nitro benzene ring substituents is 1. The van der Waals surface area contributed by atoms with Crippen molar-refractivity contribution in [3.63, 3.8) is 0 Å². The van der Waals surface area contributed by atoms with E-state index in [1.807, 2.05) is 5.38 Å². The molecule has 0 atom stereocenters. The Balaban J connectivity index is 1.82. The standard InChI is InChI=1S/C23H20N4O6S/c1-2-33-20-12-17(27(31)32)11-16(21(20)28)14-24-26-23(30)19(13-18-9-6-10-34-18)25-22(29)15-7-4-3-5-8-15/h3-14,28H,2H2,1H3,(H,25,29)(H,26,30). The van der Waals surface area contributed by atoms with Crippen LogP contribution in [0.2, 0.25) is 0 Å². The van der Waals surface area contributed by atoms with Crippen molar-refractivity contribution in [2.45, 2.75) is 6.92 Å². The number of nitrogens with zero attached hydrogens (tertiary/aromatic N) is 2. The van der Waals surface area contributed by atoms with E-state index in [0.717, 1.165) is 23.2 Å². The van der Waals surface area contributed by atoms with Gasteiger partial charge in [-0.05, 0) is 36.6 Å². The molecular formula is C23H20N4O6S. The zero-order chi connectivity index (χ0) is 24.5. The smallest absolute Gasteiger partial charge is 0.287 e. The number of thiophene rings is 1. The zero-order valence-corrected chi connectivity index (χ0v) is 18.7. The van der Waals surface area contributed by atoms with E-state index in [1.54, 1.807) is 49.4 Å². The molecule has 0 aliphatic carbocycles. The number of benzene rings is 2. The van der Waals surface area contributed by atoms with Crippen molar-refractivity contribution >= 4 is 41.1 Å². The van der Waals surface area contributed by atoms with E-state index in [9.17, 15) is 24.8 Å². The number of hydrazone groups is 1. The van der Waals surface area contributed by atoms with Crippen LogP contribution in [0.4, 0.5) is 5.69 Å². The Morgan fingerprint density at radius 2 is 1.97 bits per heavy atom. The first-order chi connectivity index (χ1) is 16.4. The minimum Gasteiger partial charge on any atom is -0.504 e. The summed E-state index contributed by atoms with van der Waals surface area (Å²) in [5, 5.41) is 29.6. The van der Waals surface area contributed by atoms with E-state index >= 15 is 0 Å². The molecule has 11 heteroatoms. The molecule has 0 spiro atoms. The number of hydrogen-bond acceptors (Lipinski definition) is 8. The minimum atomic E-state index is -0.733. The lowest BCUT2D eigenvalue weighted by Gasteiger charge is -2.09. The van der Waals surface area contributed by atoms with Gasteiger partial charge in [-0.25, -0.2) is 5.43 Å². The quantitative estimate of drug-likeness (QED) is 0.184. The highest BCUT2D eigenvalue weighted by Crippen LogP contribution is 2.33. The van der Waals surface area contributed by atoms with Crippen LogP contribution in [0.15, 0.2) is 70.8 Å². The SMILES string of the molecule is CCOc1cc([N+](=O)[O-])cc(C=NNC(=O)C(=Cc2cccs2)NC(=O)c2ccccc2)c1O. The van der Waals surface area contributed by atoms with Crippen LogP contribution in [0.3, 0.4) is 0 Å². The molecule has 1 aromatic heterocycles. The van der Waals surface area contributed by atoms with Gasteiger partial charge in [0.1, 0.15) is 5.70 Å². The fraction of sp³-hybridized carbons (Fsp3) is 0.0870. The third-order valence-corrected chi connectivity index (χ3v) is 5.15. The van der Waals surface area contributed by atoms with Crippen LogP contribution < -0.4 is 15.5 Å². The zero-order valence-electron chi connectivity index (χ0n) is 17.9. The Labute approximate surface area is 198 Å². The summed E-state index contributed by atoms with van der Waals surface area (Å²) >= 11 is 1.37. The monoisotopic (exact) mass is 480 g/mol. The van der Waals surface area contributed by atoms with E-state index in [4.69, 9.17) is 4.74 Å². The van der Waals surface area contributed by atoms with Crippen molar-refractivity contribution in [2.75, 3.05) is 6.61 Å². The van der Waals surface area contributed by atoms with Gasteiger partial charge in [0.05, 0.1) is 23.8 Å². The van der Waals surface area contributed by atoms with Crippen LogP contribution >= 0.6 is 11.3 Å². The molecule has 0 bridgehead atoms.